The number of hydrogen-bond donors (Lipinski definition) is 1. The van der Waals surface area contributed by atoms with Gasteiger partial charge in [0, 0.05) is 11.2 Å². The van der Waals surface area contributed by atoms with Crippen molar-refractivity contribution in [2.45, 2.75) is 32.4 Å². The number of anilines is 1. The second-order valence-corrected chi connectivity index (χ2v) is 7.54. The van der Waals surface area contributed by atoms with Crippen LogP contribution in [0.25, 0.3) is 0 Å². The largest absolute Gasteiger partial charge is 0.459 e. The Kier molecular flexibility index (Phi) is 5.64. The van der Waals surface area contributed by atoms with E-state index in [1.807, 2.05) is 69.3 Å². The van der Waals surface area contributed by atoms with Crippen molar-refractivity contribution in [1.29, 1.82) is 0 Å². The summed E-state index contributed by atoms with van der Waals surface area (Å²) in [6, 6.07) is 20.8. The van der Waals surface area contributed by atoms with Crippen molar-refractivity contribution >= 4 is 17.5 Å². The van der Waals surface area contributed by atoms with E-state index in [-0.39, 0.29) is 17.6 Å². The van der Waals surface area contributed by atoms with Gasteiger partial charge in [0.05, 0.1) is 6.26 Å². The van der Waals surface area contributed by atoms with E-state index >= 15 is 0 Å². The van der Waals surface area contributed by atoms with Gasteiger partial charge in [-0.15, -0.1) is 0 Å². The first-order chi connectivity index (χ1) is 13.4. The van der Waals surface area contributed by atoms with Gasteiger partial charge in [-0.2, -0.15) is 0 Å². The number of furan rings is 1. The van der Waals surface area contributed by atoms with Crippen LogP contribution in [-0.2, 0) is 4.79 Å². The lowest BCUT2D eigenvalue weighted by atomic mass is 10.0. The molecule has 0 saturated heterocycles. The van der Waals surface area contributed by atoms with Crippen LogP contribution in [0.2, 0.25) is 0 Å². The molecule has 0 saturated carbocycles. The van der Waals surface area contributed by atoms with Gasteiger partial charge in [-0.3, -0.25) is 14.5 Å². The predicted molar refractivity (Wildman–Crippen MR) is 109 cm³/mol. The Hall–Kier alpha value is -3.34. The van der Waals surface area contributed by atoms with Gasteiger partial charge in [0.15, 0.2) is 5.76 Å². The molecular formula is C23H24N2O3. The fraction of sp³-hybridized carbons (Fsp3) is 0.217. The molecule has 1 atom stereocenters. The maximum Gasteiger partial charge on any atom is 0.294 e. The molecule has 0 unspecified atom stereocenters. The molecule has 0 fully saturated rings. The zero-order valence-corrected chi connectivity index (χ0v) is 16.3. The number of benzene rings is 2. The lowest BCUT2D eigenvalue weighted by molar-refractivity contribution is -0.123. The summed E-state index contributed by atoms with van der Waals surface area (Å²) in [5.74, 6) is -0.468. The number of rotatable bonds is 5. The van der Waals surface area contributed by atoms with Crippen LogP contribution in [0.3, 0.4) is 0 Å². The Morgan fingerprint density at radius 3 is 2.04 bits per heavy atom. The van der Waals surface area contributed by atoms with Gasteiger partial charge in [-0.1, -0.05) is 48.5 Å². The van der Waals surface area contributed by atoms with Crippen molar-refractivity contribution < 1.29 is 14.0 Å². The number of carbonyl (C=O) groups is 2. The van der Waals surface area contributed by atoms with Gasteiger partial charge in [-0.25, -0.2) is 0 Å². The molecule has 0 aliphatic carbocycles. The van der Waals surface area contributed by atoms with Gasteiger partial charge in [0.1, 0.15) is 6.04 Å². The summed E-state index contributed by atoms with van der Waals surface area (Å²) in [4.78, 5) is 28.1. The molecule has 5 heteroatoms. The summed E-state index contributed by atoms with van der Waals surface area (Å²) in [5.41, 5.74) is 0.884. The molecule has 0 radical (unpaired) electrons. The molecule has 0 aliphatic heterocycles. The summed E-state index contributed by atoms with van der Waals surface area (Å²) in [6.07, 6.45) is 1.45. The lowest BCUT2D eigenvalue weighted by Gasteiger charge is -2.33. The van der Waals surface area contributed by atoms with Crippen LogP contribution >= 0.6 is 0 Å². The molecule has 1 heterocycles. The highest BCUT2D eigenvalue weighted by Crippen LogP contribution is 2.30. The molecule has 1 aromatic heterocycles. The van der Waals surface area contributed by atoms with Crippen molar-refractivity contribution in [2.24, 2.45) is 0 Å². The van der Waals surface area contributed by atoms with E-state index in [1.165, 1.54) is 11.2 Å². The normalized spacial score (nSPS) is 12.2. The van der Waals surface area contributed by atoms with Crippen molar-refractivity contribution in [3.63, 3.8) is 0 Å². The molecule has 28 heavy (non-hydrogen) atoms. The van der Waals surface area contributed by atoms with E-state index in [9.17, 15) is 9.59 Å². The average Bonchev–Trinajstić information content (AvgIpc) is 3.20. The van der Waals surface area contributed by atoms with Crippen LogP contribution in [0.15, 0.2) is 83.5 Å². The van der Waals surface area contributed by atoms with Crippen LogP contribution < -0.4 is 10.2 Å². The van der Waals surface area contributed by atoms with E-state index < -0.39 is 11.6 Å². The first kappa shape index (κ1) is 19.4. The van der Waals surface area contributed by atoms with E-state index in [2.05, 4.69) is 5.32 Å². The number of nitrogens with zero attached hydrogens (tertiary/aromatic N) is 1. The Morgan fingerprint density at radius 1 is 0.893 bits per heavy atom. The Labute approximate surface area is 165 Å². The molecule has 2 amide bonds. The third-order valence-corrected chi connectivity index (χ3v) is 4.11. The summed E-state index contributed by atoms with van der Waals surface area (Å²) in [7, 11) is 0. The van der Waals surface area contributed by atoms with Crippen LogP contribution in [0, 0.1) is 0 Å². The zero-order chi connectivity index (χ0) is 20.1. The summed E-state index contributed by atoms with van der Waals surface area (Å²) < 4.78 is 5.34. The second-order valence-electron chi connectivity index (χ2n) is 7.54. The standard InChI is InChI=1S/C23H24N2O3/c1-23(2,3)24-21(26)20(17-11-6-4-7-12-17)25(18-13-8-5-9-14-18)22(27)19-15-10-16-28-19/h4-16,20H,1-3H3,(H,24,26)/t20-/m1/s1. The molecule has 0 aliphatic rings. The number of nitrogens with one attached hydrogen (secondary N) is 1. The topological polar surface area (TPSA) is 62.6 Å². The summed E-state index contributed by atoms with van der Waals surface area (Å²) >= 11 is 0. The quantitative estimate of drug-likeness (QED) is 0.709. The molecular weight excluding hydrogens is 352 g/mol. The molecule has 0 bridgehead atoms. The van der Waals surface area contributed by atoms with Gasteiger partial charge >= 0.3 is 0 Å². The zero-order valence-electron chi connectivity index (χ0n) is 16.3. The molecule has 3 aromatic rings. The Bertz CT molecular complexity index is 913. The van der Waals surface area contributed by atoms with Crippen molar-refractivity contribution in [2.75, 3.05) is 4.90 Å². The number of para-hydroxylation sites is 1. The minimum atomic E-state index is -0.847. The van der Waals surface area contributed by atoms with Crippen LogP contribution in [0.1, 0.15) is 42.9 Å². The Morgan fingerprint density at radius 2 is 1.50 bits per heavy atom. The lowest BCUT2D eigenvalue weighted by Crippen LogP contribution is -2.49. The van der Waals surface area contributed by atoms with Gasteiger partial charge in [0.2, 0.25) is 5.91 Å². The molecule has 3 rings (SSSR count). The highest BCUT2D eigenvalue weighted by Gasteiger charge is 2.35. The van der Waals surface area contributed by atoms with Crippen molar-refractivity contribution in [3.05, 3.63) is 90.4 Å². The van der Waals surface area contributed by atoms with Crippen LogP contribution in [-0.4, -0.2) is 17.4 Å². The number of carbonyl (C=O) groups excluding carboxylic acids is 2. The van der Waals surface area contributed by atoms with Crippen LogP contribution in [0.5, 0.6) is 0 Å². The fourth-order valence-corrected chi connectivity index (χ4v) is 2.98. The third-order valence-electron chi connectivity index (χ3n) is 4.11. The molecule has 2 aromatic carbocycles. The Balaban J connectivity index is 2.13. The predicted octanol–water partition coefficient (Wildman–Crippen LogP) is 4.58. The fourth-order valence-electron chi connectivity index (χ4n) is 2.98. The van der Waals surface area contributed by atoms with Crippen LogP contribution in [0.4, 0.5) is 5.69 Å². The maximum absolute atomic E-state index is 13.3. The highest BCUT2D eigenvalue weighted by molar-refractivity contribution is 6.08. The number of hydrogen-bond acceptors (Lipinski definition) is 3. The molecule has 5 nitrogen and oxygen atoms in total. The van der Waals surface area contributed by atoms with Gasteiger partial charge < -0.3 is 9.73 Å². The second kappa shape index (κ2) is 8.13. The van der Waals surface area contributed by atoms with E-state index in [0.717, 1.165) is 0 Å². The highest BCUT2D eigenvalue weighted by atomic mass is 16.3. The van der Waals surface area contributed by atoms with E-state index in [4.69, 9.17) is 4.42 Å². The number of amides is 2. The molecule has 144 valence electrons. The third kappa shape index (κ3) is 4.49. The minimum absolute atomic E-state index is 0.174. The summed E-state index contributed by atoms with van der Waals surface area (Å²) in [5, 5.41) is 3.00. The first-order valence-electron chi connectivity index (χ1n) is 9.16. The van der Waals surface area contributed by atoms with E-state index in [1.54, 1.807) is 24.3 Å². The minimum Gasteiger partial charge on any atom is -0.459 e. The molecule has 0 spiro atoms. The summed E-state index contributed by atoms with van der Waals surface area (Å²) in [6.45, 7) is 5.73. The average molecular weight is 376 g/mol. The smallest absolute Gasteiger partial charge is 0.294 e. The SMILES string of the molecule is CC(C)(C)NC(=O)[C@@H](c1ccccc1)N(C(=O)c1ccco1)c1ccccc1. The van der Waals surface area contributed by atoms with Gasteiger partial charge in [-0.05, 0) is 50.6 Å². The molecule has 1 N–H and O–H groups in total. The first-order valence-corrected chi connectivity index (χ1v) is 9.16. The van der Waals surface area contributed by atoms with Crippen molar-refractivity contribution in [3.8, 4) is 0 Å². The van der Waals surface area contributed by atoms with Gasteiger partial charge in [0.25, 0.3) is 5.91 Å². The van der Waals surface area contributed by atoms with Crippen molar-refractivity contribution in [1.82, 2.24) is 5.32 Å². The maximum atomic E-state index is 13.3. The van der Waals surface area contributed by atoms with E-state index in [0.29, 0.717) is 11.3 Å². The monoisotopic (exact) mass is 376 g/mol.